The van der Waals surface area contributed by atoms with E-state index in [4.69, 9.17) is 16.1 Å². The van der Waals surface area contributed by atoms with Crippen molar-refractivity contribution in [2.45, 2.75) is 0 Å². The average molecular weight is 277 g/mol. The van der Waals surface area contributed by atoms with E-state index in [1.807, 2.05) is 7.05 Å². The Morgan fingerprint density at radius 3 is 2.95 bits per heavy atom. The fraction of sp³-hybridized carbons (Fsp3) is 0.0833. The Morgan fingerprint density at radius 2 is 2.21 bits per heavy atom. The zero-order chi connectivity index (χ0) is 13.4. The van der Waals surface area contributed by atoms with Crippen molar-refractivity contribution in [3.63, 3.8) is 0 Å². The van der Waals surface area contributed by atoms with E-state index in [0.717, 1.165) is 5.69 Å². The summed E-state index contributed by atoms with van der Waals surface area (Å²) < 4.78 is 6.94. The van der Waals surface area contributed by atoms with Crippen LogP contribution in [-0.4, -0.2) is 24.8 Å². The van der Waals surface area contributed by atoms with Crippen molar-refractivity contribution in [1.82, 2.24) is 19.7 Å². The third-order valence-corrected chi connectivity index (χ3v) is 2.98. The maximum absolute atomic E-state index is 9.47. The number of aromatic nitrogens is 4. The molecule has 0 spiro atoms. The zero-order valence-corrected chi connectivity index (χ0v) is 10.7. The summed E-state index contributed by atoms with van der Waals surface area (Å²) in [6.07, 6.45) is 3.28. The van der Waals surface area contributed by atoms with E-state index in [1.165, 1.54) is 12.1 Å². The molecule has 0 aliphatic rings. The van der Waals surface area contributed by atoms with Gasteiger partial charge in [-0.25, -0.2) is 4.98 Å². The molecule has 0 radical (unpaired) electrons. The van der Waals surface area contributed by atoms with Crippen LogP contribution in [0.4, 0.5) is 0 Å². The van der Waals surface area contributed by atoms with Crippen LogP contribution in [0.25, 0.3) is 23.0 Å². The van der Waals surface area contributed by atoms with Gasteiger partial charge in [0.05, 0.1) is 23.1 Å². The molecule has 96 valence electrons. The third-order valence-electron chi connectivity index (χ3n) is 2.65. The standard InChI is InChI=1S/C12H9ClN4O2/c1-17-6-14-5-10(17)11-15-12(19-16-11)8-4-7(18)2-3-9(8)13/h2-6,18H,1H3. The molecule has 0 amide bonds. The molecule has 0 unspecified atom stereocenters. The molecule has 0 aliphatic carbocycles. The van der Waals surface area contributed by atoms with Gasteiger partial charge < -0.3 is 14.2 Å². The van der Waals surface area contributed by atoms with Crippen LogP contribution in [0.3, 0.4) is 0 Å². The lowest BCUT2D eigenvalue weighted by Crippen LogP contribution is -1.90. The van der Waals surface area contributed by atoms with E-state index in [9.17, 15) is 5.11 Å². The van der Waals surface area contributed by atoms with Crippen LogP contribution in [0.15, 0.2) is 35.2 Å². The molecule has 1 aromatic carbocycles. The Balaban J connectivity index is 2.06. The second-order valence-electron chi connectivity index (χ2n) is 3.98. The van der Waals surface area contributed by atoms with E-state index >= 15 is 0 Å². The molecule has 7 heteroatoms. The number of aryl methyl sites for hydroxylation is 1. The maximum Gasteiger partial charge on any atom is 0.259 e. The number of halogens is 1. The molecule has 0 saturated carbocycles. The number of hydrogen-bond donors (Lipinski definition) is 1. The average Bonchev–Trinajstić information content (AvgIpc) is 3.00. The first-order chi connectivity index (χ1) is 9.15. The van der Waals surface area contributed by atoms with Crippen LogP contribution in [0.1, 0.15) is 0 Å². The van der Waals surface area contributed by atoms with E-state index < -0.39 is 0 Å². The minimum absolute atomic E-state index is 0.0830. The topological polar surface area (TPSA) is 77.0 Å². The Kier molecular flexibility index (Phi) is 2.72. The number of imidazole rings is 1. The lowest BCUT2D eigenvalue weighted by atomic mass is 10.2. The Morgan fingerprint density at radius 1 is 1.37 bits per heavy atom. The summed E-state index contributed by atoms with van der Waals surface area (Å²) in [5.41, 5.74) is 1.22. The van der Waals surface area contributed by atoms with Crippen LogP contribution < -0.4 is 0 Å². The van der Waals surface area contributed by atoms with Crippen LogP contribution in [0, 0.1) is 0 Å². The lowest BCUT2D eigenvalue weighted by molar-refractivity contribution is 0.431. The van der Waals surface area contributed by atoms with E-state index in [0.29, 0.717) is 16.4 Å². The molecule has 3 aromatic rings. The first-order valence-corrected chi connectivity index (χ1v) is 5.82. The first-order valence-electron chi connectivity index (χ1n) is 5.44. The lowest BCUT2D eigenvalue weighted by Gasteiger charge is -1.98. The molecular formula is C12H9ClN4O2. The van der Waals surface area contributed by atoms with Gasteiger partial charge in [-0.2, -0.15) is 4.98 Å². The predicted octanol–water partition coefficient (Wildman–Crippen LogP) is 2.50. The monoisotopic (exact) mass is 276 g/mol. The van der Waals surface area contributed by atoms with Crippen molar-refractivity contribution in [3.8, 4) is 28.7 Å². The quantitative estimate of drug-likeness (QED) is 0.778. The Labute approximate surface area is 113 Å². The zero-order valence-electron chi connectivity index (χ0n) is 9.91. The highest BCUT2D eigenvalue weighted by Gasteiger charge is 2.15. The number of rotatable bonds is 2. The largest absolute Gasteiger partial charge is 0.508 e. The van der Waals surface area contributed by atoms with Crippen molar-refractivity contribution in [2.75, 3.05) is 0 Å². The minimum atomic E-state index is 0.0830. The van der Waals surface area contributed by atoms with Gasteiger partial charge in [-0.15, -0.1) is 0 Å². The van der Waals surface area contributed by atoms with Crippen LogP contribution in [0.5, 0.6) is 5.75 Å². The molecule has 19 heavy (non-hydrogen) atoms. The molecule has 6 nitrogen and oxygen atoms in total. The Hall–Kier alpha value is -2.34. The van der Waals surface area contributed by atoms with Gasteiger partial charge in [0.15, 0.2) is 0 Å². The fourth-order valence-electron chi connectivity index (χ4n) is 1.69. The molecule has 0 atom stereocenters. The normalized spacial score (nSPS) is 10.8. The summed E-state index contributed by atoms with van der Waals surface area (Å²) in [5, 5.41) is 13.8. The van der Waals surface area contributed by atoms with Crippen LogP contribution in [0.2, 0.25) is 5.02 Å². The van der Waals surface area contributed by atoms with E-state index in [2.05, 4.69) is 15.1 Å². The van der Waals surface area contributed by atoms with Gasteiger partial charge in [-0.05, 0) is 18.2 Å². The van der Waals surface area contributed by atoms with Gasteiger partial charge in [0.25, 0.3) is 5.89 Å². The van der Waals surface area contributed by atoms with Gasteiger partial charge in [-0.1, -0.05) is 16.8 Å². The van der Waals surface area contributed by atoms with Crippen molar-refractivity contribution in [2.24, 2.45) is 7.05 Å². The van der Waals surface area contributed by atoms with E-state index in [1.54, 1.807) is 23.2 Å². The number of hydrogen-bond acceptors (Lipinski definition) is 5. The molecule has 1 N–H and O–H groups in total. The van der Waals surface area contributed by atoms with Crippen molar-refractivity contribution in [3.05, 3.63) is 35.7 Å². The number of phenolic OH excluding ortho intramolecular Hbond substituents is 1. The number of benzene rings is 1. The van der Waals surface area contributed by atoms with E-state index in [-0.39, 0.29) is 11.6 Å². The maximum atomic E-state index is 9.47. The molecule has 2 heterocycles. The van der Waals surface area contributed by atoms with Crippen molar-refractivity contribution >= 4 is 11.6 Å². The summed E-state index contributed by atoms with van der Waals surface area (Å²) in [5.74, 6) is 0.742. The molecule has 0 bridgehead atoms. The van der Waals surface area contributed by atoms with Crippen molar-refractivity contribution in [1.29, 1.82) is 0 Å². The Bertz CT molecular complexity index is 735. The third kappa shape index (κ3) is 2.06. The molecule has 3 rings (SSSR count). The molecule has 0 fully saturated rings. The van der Waals surface area contributed by atoms with Gasteiger partial charge in [0, 0.05) is 7.05 Å². The van der Waals surface area contributed by atoms with Gasteiger partial charge in [-0.3, -0.25) is 0 Å². The highest BCUT2D eigenvalue weighted by Crippen LogP contribution is 2.31. The molecule has 0 saturated heterocycles. The SMILES string of the molecule is Cn1cncc1-c1noc(-c2cc(O)ccc2Cl)n1. The summed E-state index contributed by atoms with van der Waals surface area (Å²) in [7, 11) is 1.83. The van der Waals surface area contributed by atoms with Crippen molar-refractivity contribution < 1.29 is 9.63 Å². The highest BCUT2D eigenvalue weighted by atomic mass is 35.5. The number of nitrogens with zero attached hydrogens (tertiary/aromatic N) is 4. The summed E-state index contributed by atoms with van der Waals surface area (Å²) in [6, 6.07) is 4.53. The second kappa shape index (κ2) is 4.40. The smallest absolute Gasteiger partial charge is 0.259 e. The summed E-state index contributed by atoms with van der Waals surface area (Å²) in [4.78, 5) is 8.24. The van der Waals surface area contributed by atoms with Gasteiger partial charge in [0.1, 0.15) is 11.4 Å². The molecule has 2 aromatic heterocycles. The van der Waals surface area contributed by atoms with Gasteiger partial charge in [0.2, 0.25) is 5.82 Å². The summed E-state index contributed by atoms with van der Waals surface area (Å²) in [6.45, 7) is 0. The van der Waals surface area contributed by atoms with Gasteiger partial charge >= 0.3 is 0 Å². The molecular weight excluding hydrogens is 268 g/mol. The predicted molar refractivity (Wildman–Crippen MR) is 68.6 cm³/mol. The summed E-state index contributed by atoms with van der Waals surface area (Å²) >= 11 is 6.04. The van der Waals surface area contributed by atoms with Crippen LogP contribution in [-0.2, 0) is 7.05 Å². The second-order valence-corrected chi connectivity index (χ2v) is 4.38. The first kappa shape index (κ1) is 11.7. The number of phenols is 1. The highest BCUT2D eigenvalue weighted by molar-refractivity contribution is 6.33. The van der Waals surface area contributed by atoms with Crippen LogP contribution >= 0.6 is 11.6 Å². The molecule has 0 aliphatic heterocycles. The fourth-order valence-corrected chi connectivity index (χ4v) is 1.89. The minimum Gasteiger partial charge on any atom is -0.508 e. The number of aromatic hydroxyl groups is 1.